The zero-order valence-electron chi connectivity index (χ0n) is 7.48. The predicted octanol–water partition coefficient (Wildman–Crippen LogP) is 1.72. The minimum Gasteiger partial charge on any atom is -0.299 e. The molecule has 1 saturated carbocycles. The van der Waals surface area contributed by atoms with Gasteiger partial charge in [0.15, 0.2) is 0 Å². The van der Waals surface area contributed by atoms with Crippen molar-refractivity contribution in [2.75, 3.05) is 6.54 Å². The fourth-order valence-corrected chi connectivity index (χ4v) is 1.63. The Bertz CT molecular complexity index is 231. The van der Waals surface area contributed by atoms with E-state index in [0.29, 0.717) is 6.04 Å². The Kier molecular flexibility index (Phi) is 4.10. The number of nitrogens with zero attached hydrogens (tertiary/aromatic N) is 4. The highest BCUT2D eigenvalue weighted by Crippen LogP contribution is 2.17. The molecule has 0 radical (unpaired) electrons. The number of nitriles is 1. The van der Waals surface area contributed by atoms with Crippen LogP contribution < -0.4 is 5.32 Å². The molecule has 0 heterocycles. The summed E-state index contributed by atoms with van der Waals surface area (Å²) in [6.07, 6.45) is 4.73. The smallest absolute Gasteiger partial charge is 0.101 e. The van der Waals surface area contributed by atoms with Gasteiger partial charge in [0, 0.05) is 11.0 Å². The molecule has 0 aromatic heterocycles. The molecule has 1 unspecified atom stereocenters. The lowest BCUT2D eigenvalue weighted by Gasteiger charge is -2.14. The lowest BCUT2D eigenvalue weighted by molar-refractivity contribution is 0.485. The van der Waals surface area contributed by atoms with Crippen LogP contribution in [0.1, 0.15) is 25.7 Å². The van der Waals surface area contributed by atoms with Crippen LogP contribution in [-0.4, -0.2) is 18.6 Å². The van der Waals surface area contributed by atoms with Crippen molar-refractivity contribution < 1.29 is 0 Å². The topological polar surface area (TPSA) is 84.6 Å². The van der Waals surface area contributed by atoms with Gasteiger partial charge in [-0.15, -0.1) is 0 Å². The lowest BCUT2D eigenvalue weighted by Crippen LogP contribution is -2.37. The number of azide groups is 1. The van der Waals surface area contributed by atoms with E-state index in [2.05, 4.69) is 21.4 Å². The summed E-state index contributed by atoms with van der Waals surface area (Å²) in [4.78, 5) is 2.63. The molecule has 13 heavy (non-hydrogen) atoms. The molecule has 0 aromatic carbocycles. The molecular weight excluding hydrogens is 166 g/mol. The molecule has 1 rings (SSSR count). The summed E-state index contributed by atoms with van der Waals surface area (Å²) in [5.74, 6) is 0. The molecule has 1 aliphatic carbocycles. The van der Waals surface area contributed by atoms with Gasteiger partial charge >= 0.3 is 0 Å². The number of nitrogens with one attached hydrogen (secondary N) is 1. The highest BCUT2D eigenvalue weighted by molar-refractivity contribution is 4.94. The molecule has 1 atom stereocenters. The van der Waals surface area contributed by atoms with E-state index in [9.17, 15) is 0 Å². The second-order valence-corrected chi connectivity index (χ2v) is 3.24. The van der Waals surface area contributed by atoms with Gasteiger partial charge in [-0.2, -0.15) is 5.26 Å². The van der Waals surface area contributed by atoms with Crippen LogP contribution in [0, 0.1) is 11.3 Å². The Labute approximate surface area is 77.4 Å². The summed E-state index contributed by atoms with van der Waals surface area (Å²) in [5.41, 5.74) is 8.09. The van der Waals surface area contributed by atoms with Crippen molar-refractivity contribution >= 4 is 0 Å². The Morgan fingerprint density at radius 3 is 2.85 bits per heavy atom. The first-order chi connectivity index (χ1) is 6.36. The average molecular weight is 179 g/mol. The molecule has 5 nitrogen and oxygen atoms in total. The van der Waals surface area contributed by atoms with E-state index in [1.54, 1.807) is 0 Å². The molecule has 0 aromatic rings. The van der Waals surface area contributed by atoms with Crippen LogP contribution in [0.3, 0.4) is 0 Å². The largest absolute Gasteiger partial charge is 0.299 e. The van der Waals surface area contributed by atoms with Gasteiger partial charge in [0.25, 0.3) is 0 Å². The van der Waals surface area contributed by atoms with Crippen molar-refractivity contribution in [1.29, 1.82) is 5.26 Å². The second-order valence-electron chi connectivity index (χ2n) is 3.24. The van der Waals surface area contributed by atoms with Crippen molar-refractivity contribution in [3.63, 3.8) is 0 Å². The first-order valence-corrected chi connectivity index (χ1v) is 4.53. The van der Waals surface area contributed by atoms with E-state index in [4.69, 9.17) is 10.8 Å². The fourth-order valence-electron chi connectivity index (χ4n) is 1.63. The molecule has 0 aliphatic heterocycles. The summed E-state index contributed by atoms with van der Waals surface area (Å²) < 4.78 is 0. The lowest BCUT2D eigenvalue weighted by atomic mass is 10.2. The van der Waals surface area contributed by atoms with Crippen LogP contribution in [0.5, 0.6) is 0 Å². The molecule has 1 N–H and O–H groups in total. The standard InChI is InChI=1S/C8H13N5/c9-5-8(6-11-13-10)12-7-3-1-2-4-7/h7-8,12H,1-4,6H2. The molecule has 0 spiro atoms. The molecule has 0 saturated heterocycles. The van der Waals surface area contributed by atoms with E-state index in [-0.39, 0.29) is 12.6 Å². The average Bonchev–Trinajstić information content (AvgIpc) is 2.64. The number of hydrogen-bond acceptors (Lipinski definition) is 3. The van der Waals surface area contributed by atoms with Crippen LogP contribution >= 0.6 is 0 Å². The van der Waals surface area contributed by atoms with Gasteiger partial charge in [0.2, 0.25) is 0 Å². The van der Waals surface area contributed by atoms with Crippen LogP contribution in [0.4, 0.5) is 0 Å². The third-order valence-electron chi connectivity index (χ3n) is 2.28. The minimum absolute atomic E-state index is 0.226. The molecular formula is C8H13N5. The zero-order chi connectivity index (χ0) is 9.52. The maximum absolute atomic E-state index is 8.72. The number of rotatable bonds is 4. The van der Waals surface area contributed by atoms with Gasteiger partial charge < -0.3 is 0 Å². The van der Waals surface area contributed by atoms with Crippen molar-refractivity contribution in [2.24, 2.45) is 5.11 Å². The monoisotopic (exact) mass is 179 g/mol. The minimum atomic E-state index is -0.320. The first-order valence-electron chi connectivity index (χ1n) is 4.53. The van der Waals surface area contributed by atoms with Crippen LogP contribution in [0.15, 0.2) is 5.11 Å². The van der Waals surface area contributed by atoms with E-state index >= 15 is 0 Å². The number of hydrogen-bond donors (Lipinski definition) is 1. The van der Waals surface area contributed by atoms with Crippen LogP contribution in [0.2, 0.25) is 0 Å². The zero-order valence-corrected chi connectivity index (χ0v) is 7.48. The molecule has 70 valence electrons. The third-order valence-corrected chi connectivity index (χ3v) is 2.28. The Morgan fingerprint density at radius 1 is 1.62 bits per heavy atom. The van der Waals surface area contributed by atoms with E-state index in [1.165, 1.54) is 12.8 Å². The van der Waals surface area contributed by atoms with Crippen molar-refractivity contribution in [3.8, 4) is 6.07 Å². The summed E-state index contributed by atoms with van der Waals surface area (Å²) >= 11 is 0. The summed E-state index contributed by atoms with van der Waals surface area (Å²) in [6, 6.07) is 2.21. The van der Waals surface area contributed by atoms with Crippen LogP contribution in [-0.2, 0) is 0 Å². The maximum atomic E-state index is 8.72. The molecule has 5 heteroatoms. The van der Waals surface area contributed by atoms with Gasteiger partial charge in [0.05, 0.1) is 12.6 Å². The quantitative estimate of drug-likeness (QED) is 0.404. The highest BCUT2D eigenvalue weighted by Gasteiger charge is 2.17. The second kappa shape index (κ2) is 5.41. The van der Waals surface area contributed by atoms with Crippen molar-refractivity contribution in [3.05, 3.63) is 10.4 Å². The van der Waals surface area contributed by atoms with Gasteiger partial charge in [0.1, 0.15) is 6.04 Å². The van der Waals surface area contributed by atoms with E-state index in [1.807, 2.05) is 0 Å². The summed E-state index contributed by atoms with van der Waals surface area (Å²) in [7, 11) is 0. The van der Waals surface area contributed by atoms with Gasteiger partial charge in [-0.3, -0.25) is 5.32 Å². The van der Waals surface area contributed by atoms with Gasteiger partial charge in [-0.25, -0.2) is 0 Å². The fraction of sp³-hybridized carbons (Fsp3) is 0.875. The Balaban J connectivity index is 2.30. The van der Waals surface area contributed by atoms with Crippen molar-refractivity contribution in [1.82, 2.24) is 5.32 Å². The first kappa shape index (κ1) is 9.85. The SMILES string of the molecule is N#CC(CN=[N+]=[N-])NC1CCCC1. The van der Waals surface area contributed by atoms with Gasteiger partial charge in [-0.1, -0.05) is 18.0 Å². The van der Waals surface area contributed by atoms with E-state index in [0.717, 1.165) is 12.8 Å². The normalized spacial score (nSPS) is 19.0. The highest BCUT2D eigenvalue weighted by atomic mass is 15.1. The summed E-state index contributed by atoms with van der Waals surface area (Å²) in [6.45, 7) is 0.226. The van der Waals surface area contributed by atoms with E-state index < -0.39 is 0 Å². The molecule has 1 fully saturated rings. The van der Waals surface area contributed by atoms with Gasteiger partial charge in [-0.05, 0) is 18.4 Å². The predicted molar refractivity (Wildman–Crippen MR) is 48.8 cm³/mol. The molecule has 1 aliphatic rings. The Morgan fingerprint density at radius 2 is 2.31 bits per heavy atom. The maximum Gasteiger partial charge on any atom is 0.101 e. The summed E-state index contributed by atoms with van der Waals surface area (Å²) in [5, 5.41) is 15.3. The van der Waals surface area contributed by atoms with Crippen molar-refractivity contribution in [2.45, 2.75) is 37.8 Å². The third kappa shape index (κ3) is 3.32. The Hall–Kier alpha value is -1.24. The molecule has 0 bridgehead atoms. The van der Waals surface area contributed by atoms with Crippen LogP contribution in [0.25, 0.3) is 10.4 Å². The molecule has 0 amide bonds.